The maximum absolute atomic E-state index is 12.7. The monoisotopic (exact) mass is 282 g/mol. The van der Waals surface area contributed by atoms with Crippen molar-refractivity contribution in [3.8, 4) is 0 Å². The highest BCUT2D eigenvalue weighted by molar-refractivity contribution is 6.05. The van der Waals surface area contributed by atoms with E-state index in [1.165, 1.54) is 0 Å². The molecule has 2 aromatic rings. The summed E-state index contributed by atoms with van der Waals surface area (Å²) in [5, 5.41) is 0.968. The first-order valence-corrected chi connectivity index (χ1v) is 7.29. The number of aromatic nitrogens is 1. The van der Waals surface area contributed by atoms with E-state index in [1.54, 1.807) is 11.1 Å². The zero-order valence-electron chi connectivity index (χ0n) is 12.1. The van der Waals surface area contributed by atoms with Gasteiger partial charge in [0, 0.05) is 37.5 Å². The van der Waals surface area contributed by atoms with Crippen LogP contribution in [0.1, 0.15) is 36.0 Å². The lowest BCUT2D eigenvalue weighted by molar-refractivity contribution is -0.121. The largest absolute Gasteiger partial charge is 0.339 e. The third kappa shape index (κ3) is 2.66. The third-order valence-electron chi connectivity index (χ3n) is 4.24. The predicted molar refractivity (Wildman–Crippen MR) is 81.1 cm³/mol. The molecule has 0 N–H and O–H groups in total. The Morgan fingerprint density at radius 2 is 1.90 bits per heavy atom. The molecule has 21 heavy (non-hydrogen) atoms. The van der Waals surface area contributed by atoms with E-state index < -0.39 is 0 Å². The standard InChI is InChI=1S/C17H18N2O2/c1-19(13-7-9-14(20)10-8-13)17(21)15-6-2-4-12-5-3-11-18-16(12)15/h2-6,11,13H,7-10H2,1H3. The van der Waals surface area contributed by atoms with E-state index in [2.05, 4.69) is 4.98 Å². The average Bonchev–Trinajstić information content (AvgIpc) is 2.53. The summed E-state index contributed by atoms with van der Waals surface area (Å²) in [5.74, 6) is 0.289. The number of fused-ring (bicyclic) bond motifs is 1. The minimum Gasteiger partial charge on any atom is -0.339 e. The number of Topliss-reactive ketones (excluding diaryl/α,β-unsaturated/α-hetero) is 1. The summed E-state index contributed by atoms with van der Waals surface area (Å²) in [4.78, 5) is 30.2. The minimum absolute atomic E-state index is 0.0151. The molecule has 1 saturated carbocycles. The molecule has 0 spiro atoms. The van der Waals surface area contributed by atoms with Gasteiger partial charge in [-0.05, 0) is 25.0 Å². The number of carbonyl (C=O) groups excluding carboxylic acids is 2. The Morgan fingerprint density at radius 1 is 1.19 bits per heavy atom. The van der Waals surface area contributed by atoms with E-state index in [4.69, 9.17) is 0 Å². The molecule has 0 saturated heterocycles. The molecular formula is C17H18N2O2. The van der Waals surface area contributed by atoms with Crippen molar-refractivity contribution >= 4 is 22.6 Å². The number of para-hydroxylation sites is 1. The molecule has 1 aliphatic rings. The zero-order chi connectivity index (χ0) is 14.8. The smallest absolute Gasteiger partial charge is 0.256 e. The van der Waals surface area contributed by atoms with Crippen LogP contribution in [0.15, 0.2) is 36.5 Å². The zero-order valence-corrected chi connectivity index (χ0v) is 12.1. The number of carbonyl (C=O) groups is 2. The number of benzene rings is 1. The summed E-state index contributed by atoms with van der Waals surface area (Å²) in [7, 11) is 1.82. The predicted octanol–water partition coefficient (Wildman–Crippen LogP) is 2.82. The van der Waals surface area contributed by atoms with Crippen molar-refractivity contribution in [2.75, 3.05) is 7.05 Å². The van der Waals surface area contributed by atoms with E-state index in [9.17, 15) is 9.59 Å². The number of rotatable bonds is 2. The van der Waals surface area contributed by atoms with Gasteiger partial charge in [-0.25, -0.2) is 0 Å². The highest BCUT2D eigenvalue weighted by atomic mass is 16.2. The van der Waals surface area contributed by atoms with Crippen molar-refractivity contribution in [1.82, 2.24) is 9.88 Å². The fraction of sp³-hybridized carbons (Fsp3) is 0.353. The van der Waals surface area contributed by atoms with Crippen LogP contribution in [0.5, 0.6) is 0 Å². The molecule has 108 valence electrons. The molecular weight excluding hydrogens is 264 g/mol. The molecule has 1 amide bonds. The molecule has 1 aromatic heterocycles. The van der Waals surface area contributed by atoms with Gasteiger partial charge in [-0.2, -0.15) is 0 Å². The Kier molecular flexibility index (Phi) is 3.69. The van der Waals surface area contributed by atoms with Gasteiger partial charge in [-0.1, -0.05) is 18.2 Å². The number of ketones is 1. The topological polar surface area (TPSA) is 50.3 Å². The van der Waals surface area contributed by atoms with Gasteiger partial charge in [0.1, 0.15) is 5.78 Å². The summed E-state index contributed by atoms with van der Waals surface area (Å²) in [6.07, 6.45) is 4.39. The Labute approximate surface area is 123 Å². The van der Waals surface area contributed by atoms with Crippen molar-refractivity contribution in [3.63, 3.8) is 0 Å². The molecule has 0 radical (unpaired) electrons. The highest BCUT2D eigenvalue weighted by Crippen LogP contribution is 2.23. The summed E-state index contributed by atoms with van der Waals surface area (Å²) in [6.45, 7) is 0. The normalized spacial score (nSPS) is 16.1. The van der Waals surface area contributed by atoms with Crippen molar-refractivity contribution in [2.45, 2.75) is 31.7 Å². The van der Waals surface area contributed by atoms with Crippen LogP contribution in [0.3, 0.4) is 0 Å². The molecule has 0 bridgehead atoms. The maximum atomic E-state index is 12.7. The fourth-order valence-corrected chi connectivity index (χ4v) is 2.94. The van der Waals surface area contributed by atoms with Crippen LogP contribution < -0.4 is 0 Å². The second-order valence-corrected chi connectivity index (χ2v) is 5.57. The molecule has 4 nitrogen and oxygen atoms in total. The van der Waals surface area contributed by atoms with Gasteiger partial charge in [-0.15, -0.1) is 0 Å². The second-order valence-electron chi connectivity index (χ2n) is 5.57. The lowest BCUT2D eigenvalue weighted by Crippen LogP contribution is -2.39. The first-order valence-electron chi connectivity index (χ1n) is 7.29. The van der Waals surface area contributed by atoms with Gasteiger partial charge in [0.15, 0.2) is 0 Å². The molecule has 1 heterocycles. The number of nitrogens with zero attached hydrogens (tertiary/aromatic N) is 2. The van der Waals surface area contributed by atoms with Crippen molar-refractivity contribution in [1.29, 1.82) is 0 Å². The Morgan fingerprint density at radius 3 is 2.67 bits per heavy atom. The Hall–Kier alpha value is -2.23. The maximum Gasteiger partial charge on any atom is 0.256 e. The lowest BCUT2D eigenvalue weighted by atomic mass is 9.93. The van der Waals surface area contributed by atoms with Crippen LogP contribution in [-0.2, 0) is 4.79 Å². The van der Waals surface area contributed by atoms with Gasteiger partial charge in [0.25, 0.3) is 5.91 Å². The van der Waals surface area contributed by atoms with Gasteiger partial charge in [0.05, 0.1) is 11.1 Å². The second kappa shape index (κ2) is 5.64. The first kappa shape index (κ1) is 13.7. The number of hydrogen-bond donors (Lipinski definition) is 0. The average molecular weight is 282 g/mol. The molecule has 3 rings (SSSR count). The van der Waals surface area contributed by atoms with Gasteiger partial charge in [0.2, 0.25) is 0 Å². The Bertz CT molecular complexity index is 681. The van der Waals surface area contributed by atoms with Crippen LogP contribution in [-0.4, -0.2) is 34.7 Å². The van der Waals surface area contributed by atoms with E-state index in [-0.39, 0.29) is 11.9 Å². The first-order chi connectivity index (χ1) is 10.2. The molecule has 0 aliphatic heterocycles. The lowest BCUT2D eigenvalue weighted by Gasteiger charge is -2.31. The van der Waals surface area contributed by atoms with E-state index in [1.807, 2.05) is 37.4 Å². The SMILES string of the molecule is CN(C(=O)c1cccc2cccnc12)C1CCC(=O)CC1. The van der Waals surface area contributed by atoms with Crippen LogP contribution >= 0.6 is 0 Å². The molecule has 1 fully saturated rings. The van der Waals surface area contributed by atoms with E-state index >= 15 is 0 Å². The van der Waals surface area contributed by atoms with Gasteiger partial charge in [-0.3, -0.25) is 14.6 Å². The number of pyridine rings is 1. The number of hydrogen-bond acceptors (Lipinski definition) is 3. The van der Waals surface area contributed by atoms with Crippen LogP contribution in [0.25, 0.3) is 10.9 Å². The minimum atomic E-state index is -0.0151. The highest BCUT2D eigenvalue weighted by Gasteiger charge is 2.26. The van der Waals surface area contributed by atoms with Gasteiger partial charge >= 0.3 is 0 Å². The molecule has 1 aliphatic carbocycles. The summed E-state index contributed by atoms with van der Waals surface area (Å²) >= 11 is 0. The summed E-state index contributed by atoms with van der Waals surface area (Å²) < 4.78 is 0. The van der Waals surface area contributed by atoms with Crippen LogP contribution in [0, 0.1) is 0 Å². The van der Waals surface area contributed by atoms with Crippen LogP contribution in [0.2, 0.25) is 0 Å². The molecule has 1 aromatic carbocycles. The van der Waals surface area contributed by atoms with E-state index in [0.717, 1.165) is 23.7 Å². The fourth-order valence-electron chi connectivity index (χ4n) is 2.94. The van der Waals surface area contributed by atoms with Crippen LogP contribution in [0.4, 0.5) is 0 Å². The third-order valence-corrected chi connectivity index (χ3v) is 4.24. The molecule has 0 atom stereocenters. The van der Waals surface area contributed by atoms with Crippen molar-refractivity contribution < 1.29 is 9.59 Å². The van der Waals surface area contributed by atoms with Gasteiger partial charge < -0.3 is 4.90 Å². The molecule has 0 unspecified atom stereocenters. The quantitative estimate of drug-likeness (QED) is 0.851. The van der Waals surface area contributed by atoms with E-state index in [0.29, 0.717) is 24.2 Å². The Balaban J connectivity index is 1.88. The molecule has 4 heteroatoms. The summed E-state index contributed by atoms with van der Waals surface area (Å²) in [5.41, 5.74) is 1.37. The van der Waals surface area contributed by atoms with Crippen molar-refractivity contribution in [3.05, 3.63) is 42.1 Å². The summed E-state index contributed by atoms with van der Waals surface area (Å²) in [6, 6.07) is 9.63. The van der Waals surface area contributed by atoms with Crippen molar-refractivity contribution in [2.24, 2.45) is 0 Å². The number of amides is 1.